The van der Waals surface area contributed by atoms with Gasteiger partial charge in [0.05, 0.1) is 11.4 Å². The highest BCUT2D eigenvalue weighted by atomic mass is 32.2. The fraction of sp³-hybridized carbons (Fsp3) is 0.0385. The van der Waals surface area contributed by atoms with Crippen molar-refractivity contribution in [2.24, 2.45) is 4.99 Å². The first kappa shape index (κ1) is 20.8. The lowest BCUT2D eigenvalue weighted by Gasteiger charge is -2.17. The summed E-state index contributed by atoms with van der Waals surface area (Å²) in [7, 11) is 0. The van der Waals surface area contributed by atoms with Crippen molar-refractivity contribution in [1.82, 2.24) is 4.98 Å². The fourth-order valence-electron chi connectivity index (χ4n) is 3.56. The summed E-state index contributed by atoms with van der Waals surface area (Å²) >= 11 is 1.23. The Labute approximate surface area is 195 Å². The predicted molar refractivity (Wildman–Crippen MR) is 135 cm³/mol. The smallest absolute Gasteiger partial charge is 0.283 e. The quantitative estimate of drug-likeness (QED) is 0.404. The van der Waals surface area contributed by atoms with Gasteiger partial charge in [-0.05, 0) is 47.4 Å². The average molecular weight is 453 g/mol. The molecular weight excluding hydrogens is 432 g/mol. The lowest BCUT2D eigenvalue weighted by atomic mass is 10.2. The molecule has 0 saturated heterocycles. The van der Waals surface area contributed by atoms with Crippen LogP contribution < -0.4 is 10.2 Å². The molecule has 2 amide bonds. The Balaban J connectivity index is 1.35. The van der Waals surface area contributed by atoms with Crippen LogP contribution in [0.4, 0.5) is 11.4 Å². The number of amidine groups is 1. The van der Waals surface area contributed by atoms with Gasteiger partial charge in [-0.2, -0.15) is 0 Å². The minimum Gasteiger partial charge on any atom is -0.361 e. The number of nitrogens with one attached hydrogen (secondary N) is 2. The highest BCUT2D eigenvalue weighted by Crippen LogP contribution is 2.29. The Morgan fingerprint density at radius 1 is 1.00 bits per heavy atom. The van der Waals surface area contributed by atoms with Crippen molar-refractivity contribution in [3.8, 4) is 0 Å². The van der Waals surface area contributed by atoms with E-state index in [1.165, 1.54) is 11.8 Å². The van der Waals surface area contributed by atoms with Crippen LogP contribution in [-0.4, -0.2) is 27.7 Å². The summed E-state index contributed by atoms with van der Waals surface area (Å²) in [6.07, 6.45) is 3.62. The minimum atomic E-state index is -0.217. The molecule has 5 rings (SSSR count). The number of hydrogen-bond donors (Lipinski definition) is 2. The summed E-state index contributed by atoms with van der Waals surface area (Å²) in [5, 5.41) is 4.47. The maximum Gasteiger partial charge on any atom is 0.283 e. The average Bonchev–Trinajstić information content (AvgIpc) is 3.43. The van der Waals surface area contributed by atoms with Gasteiger partial charge in [-0.25, -0.2) is 4.99 Å². The number of benzene rings is 3. The first-order chi connectivity index (χ1) is 16.2. The van der Waals surface area contributed by atoms with Crippen molar-refractivity contribution >= 4 is 57.1 Å². The number of amides is 2. The third kappa shape index (κ3) is 4.58. The van der Waals surface area contributed by atoms with E-state index in [4.69, 9.17) is 0 Å². The lowest BCUT2D eigenvalue weighted by Crippen LogP contribution is -2.31. The molecule has 1 aromatic heterocycles. The first-order valence-electron chi connectivity index (χ1n) is 10.4. The highest BCUT2D eigenvalue weighted by Gasteiger charge is 2.32. The van der Waals surface area contributed by atoms with Crippen LogP contribution in [0.25, 0.3) is 17.0 Å². The van der Waals surface area contributed by atoms with E-state index in [9.17, 15) is 9.59 Å². The molecule has 33 heavy (non-hydrogen) atoms. The summed E-state index contributed by atoms with van der Waals surface area (Å²) in [4.78, 5) is 35.1. The van der Waals surface area contributed by atoms with E-state index in [1.54, 1.807) is 11.0 Å². The molecule has 1 aliphatic heterocycles. The number of carbonyl (C=O) groups is 2. The van der Waals surface area contributed by atoms with Crippen molar-refractivity contribution in [1.29, 1.82) is 0 Å². The second-order valence-electron chi connectivity index (χ2n) is 7.43. The molecule has 1 aliphatic rings. The summed E-state index contributed by atoms with van der Waals surface area (Å²) < 4.78 is 0. The molecule has 0 unspecified atom stereocenters. The van der Waals surface area contributed by atoms with Gasteiger partial charge in [-0.3, -0.25) is 14.5 Å². The fourth-order valence-corrected chi connectivity index (χ4v) is 4.37. The normalized spacial score (nSPS) is 14.7. The molecule has 6 nitrogen and oxygen atoms in total. The molecule has 0 fully saturated rings. The summed E-state index contributed by atoms with van der Waals surface area (Å²) in [6.45, 7) is 0. The molecule has 7 heteroatoms. The number of para-hydroxylation sites is 1. The zero-order valence-electron chi connectivity index (χ0n) is 17.6. The molecule has 0 aliphatic carbocycles. The number of aromatic nitrogens is 1. The van der Waals surface area contributed by atoms with E-state index in [2.05, 4.69) is 15.3 Å². The van der Waals surface area contributed by atoms with Crippen LogP contribution >= 0.6 is 11.8 Å². The van der Waals surface area contributed by atoms with Gasteiger partial charge in [0.2, 0.25) is 5.91 Å². The Hall–Kier alpha value is -4.10. The Kier molecular flexibility index (Phi) is 5.78. The van der Waals surface area contributed by atoms with Crippen molar-refractivity contribution in [3.63, 3.8) is 0 Å². The number of H-pyrrole nitrogens is 1. The standard InChI is InChI=1S/C26H20N4O2S/c31-24(28-20-12-11-19-13-14-27-22(19)16-20)17-33-26-29-23(15-18-7-3-1-4-8-18)25(32)30(26)21-9-5-2-6-10-21/h1-16,27H,17H2,(H,28,31)/b23-15-. The summed E-state index contributed by atoms with van der Waals surface area (Å²) in [5.74, 6) is -0.267. The van der Waals surface area contributed by atoms with E-state index < -0.39 is 0 Å². The zero-order chi connectivity index (χ0) is 22.6. The van der Waals surface area contributed by atoms with Crippen LogP contribution in [-0.2, 0) is 9.59 Å². The molecule has 0 saturated carbocycles. The van der Waals surface area contributed by atoms with Gasteiger partial charge in [0, 0.05) is 17.4 Å². The van der Waals surface area contributed by atoms with Crippen molar-refractivity contribution < 1.29 is 9.59 Å². The number of nitrogens with zero attached hydrogens (tertiary/aromatic N) is 2. The third-order valence-corrected chi connectivity index (χ3v) is 6.06. The van der Waals surface area contributed by atoms with Gasteiger partial charge in [-0.1, -0.05) is 66.4 Å². The lowest BCUT2D eigenvalue weighted by molar-refractivity contribution is -0.114. The van der Waals surface area contributed by atoms with Gasteiger partial charge in [0.15, 0.2) is 5.17 Å². The molecule has 2 heterocycles. The van der Waals surface area contributed by atoms with Crippen LogP contribution in [0.1, 0.15) is 5.56 Å². The first-order valence-corrected chi connectivity index (χ1v) is 11.4. The van der Waals surface area contributed by atoms with E-state index in [0.29, 0.717) is 22.2 Å². The zero-order valence-corrected chi connectivity index (χ0v) is 18.4. The molecule has 0 atom stereocenters. The second kappa shape index (κ2) is 9.18. The summed E-state index contributed by atoms with van der Waals surface area (Å²) in [6, 6.07) is 26.6. The van der Waals surface area contributed by atoms with Gasteiger partial charge >= 0.3 is 0 Å². The Morgan fingerprint density at radius 2 is 1.76 bits per heavy atom. The number of rotatable bonds is 5. The van der Waals surface area contributed by atoms with Crippen LogP contribution in [0, 0.1) is 0 Å². The maximum atomic E-state index is 13.2. The SMILES string of the molecule is O=C(CSC1=N/C(=C\c2ccccc2)C(=O)N1c1ccccc1)Nc1ccc2cc[nH]c2c1. The van der Waals surface area contributed by atoms with Crippen LogP contribution in [0.2, 0.25) is 0 Å². The number of anilines is 2. The topological polar surface area (TPSA) is 77.6 Å². The predicted octanol–water partition coefficient (Wildman–Crippen LogP) is 5.28. The van der Waals surface area contributed by atoms with Gasteiger partial charge in [-0.15, -0.1) is 0 Å². The highest BCUT2D eigenvalue weighted by molar-refractivity contribution is 8.14. The van der Waals surface area contributed by atoms with Crippen LogP contribution in [0.3, 0.4) is 0 Å². The van der Waals surface area contributed by atoms with Crippen molar-refractivity contribution in [2.45, 2.75) is 0 Å². The largest absolute Gasteiger partial charge is 0.361 e. The molecule has 0 spiro atoms. The molecule has 162 valence electrons. The third-order valence-electron chi connectivity index (χ3n) is 5.12. The number of fused-ring (bicyclic) bond motifs is 1. The van der Waals surface area contributed by atoms with Crippen LogP contribution in [0.15, 0.2) is 102 Å². The number of aliphatic imine (C=N–C) groups is 1. The maximum absolute atomic E-state index is 13.2. The second-order valence-corrected chi connectivity index (χ2v) is 8.37. The number of aromatic amines is 1. The minimum absolute atomic E-state index is 0.122. The van der Waals surface area contributed by atoms with E-state index in [-0.39, 0.29) is 17.6 Å². The van der Waals surface area contributed by atoms with Crippen molar-refractivity contribution in [3.05, 3.63) is 102 Å². The van der Waals surface area contributed by atoms with E-state index >= 15 is 0 Å². The number of thioether (sulfide) groups is 1. The van der Waals surface area contributed by atoms with E-state index in [1.807, 2.05) is 91.1 Å². The molecule has 0 radical (unpaired) electrons. The van der Waals surface area contributed by atoms with Gasteiger partial charge in [0.1, 0.15) is 5.70 Å². The van der Waals surface area contributed by atoms with Gasteiger partial charge in [0.25, 0.3) is 5.91 Å². The molecule has 3 aromatic carbocycles. The number of hydrogen-bond acceptors (Lipinski definition) is 4. The van der Waals surface area contributed by atoms with E-state index in [0.717, 1.165) is 16.5 Å². The Bertz CT molecular complexity index is 1380. The number of carbonyl (C=O) groups excluding carboxylic acids is 2. The van der Waals surface area contributed by atoms with Crippen molar-refractivity contribution in [2.75, 3.05) is 16.0 Å². The summed E-state index contributed by atoms with van der Waals surface area (Å²) in [5.41, 5.74) is 3.61. The van der Waals surface area contributed by atoms with Crippen LogP contribution in [0.5, 0.6) is 0 Å². The Morgan fingerprint density at radius 3 is 2.55 bits per heavy atom. The molecular formula is C26H20N4O2S. The molecule has 0 bridgehead atoms. The molecule has 4 aromatic rings. The molecule has 2 N–H and O–H groups in total. The monoisotopic (exact) mass is 452 g/mol. The van der Waals surface area contributed by atoms with Gasteiger partial charge < -0.3 is 10.3 Å².